The van der Waals surface area contributed by atoms with Crippen LogP contribution >= 0.6 is 0 Å². The lowest BCUT2D eigenvalue weighted by Gasteiger charge is -2.21. The number of rotatable bonds is 3. The molecular weight excluding hydrogens is 382 g/mol. The second-order valence-corrected chi connectivity index (χ2v) is 7.68. The zero-order chi connectivity index (χ0) is 19.9. The van der Waals surface area contributed by atoms with Crippen LogP contribution in [-0.4, -0.2) is 64.6 Å². The van der Waals surface area contributed by atoms with Crippen LogP contribution in [0.5, 0.6) is 5.75 Å². The first-order valence-electron chi connectivity index (χ1n) is 10.1. The number of aromatic nitrogens is 4. The van der Waals surface area contributed by atoms with E-state index < -0.39 is 0 Å². The van der Waals surface area contributed by atoms with E-state index in [4.69, 9.17) is 14.2 Å². The molecule has 2 saturated heterocycles. The molecule has 4 aromatic rings. The molecule has 0 spiro atoms. The van der Waals surface area contributed by atoms with E-state index >= 15 is 0 Å². The van der Waals surface area contributed by atoms with Crippen LogP contribution in [0.15, 0.2) is 55.2 Å². The summed E-state index contributed by atoms with van der Waals surface area (Å²) < 4.78 is 18.7. The summed E-state index contributed by atoms with van der Waals surface area (Å²) in [6, 6.07) is 9.97. The lowest BCUT2D eigenvalue weighted by molar-refractivity contribution is -0.00461. The Kier molecular flexibility index (Phi) is 4.24. The van der Waals surface area contributed by atoms with Crippen LogP contribution in [0.25, 0.3) is 21.8 Å². The van der Waals surface area contributed by atoms with Crippen molar-refractivity contribution in [1.82, 2.24) is 19.9 Å². The first kappa shape index (κ1) is 17.6. The molecule has 0 radical (unpaired) electrons. The molecule has 0 aliphatic carbocycles. The number of nitrogens with zero attached hydrogens (tertiary/aromatic N) is 4. The van der Waals surface area contributed by atoms with Crippen molar-refractivity contribution in [2.45, 2.75) is 18.3 Å². The van der Waals surface area contributed by atoms with Gasteiger partial charge in [0.1, 0.15) is 41.9 Å². The maximum Gasteiger partial charge on any atom is 0.145 e. The zero-order valence-corrected chi connectivity index (χ0v) is 16.3. The van der Waals surface area contributed by atoms with Crippen molar-refractivity contribution in [2.24, 2.45) is 0 Å². The Balaban J connectivity index is 1.16. The highest BCUT2D eigenvalue weighted by Crippen LogP contribution is 2.30. The van der Waals surface area contributed by atoms with Gasteiger partial charge in [-0.2, -0.15) is 0 Å². The summed E-state index contributed by atoms with van der Waals surface area (Å²) >= 11 is 0. The number of anilines is 1. The standard InChI is InChI=1S/C22H21N5O3/c1-2-14-8-23-6-4-16(14)18(3-1)30-15-11-28-19-9-27(10-20(19)29-12-15)22-17-5-7-24-21(17)25-13-26-22/h1-8,13,15,19-20H,9-12H2,(H,24,25,26)/t19-,20-/m0/s1. The number of aromatic amines is 1. The fourth-order valence-corrected chi connectivity index (χ4v) is 4.30. The monoisotopic (exact) mass is 403 g/mol. The molecule has 0 saturated carbocycles. The predicted molar refractivity (Wildman–Crippen MR) is 112 cm³/mol. The van der Waals surface area contributed by atoms with Crippen LogP contribution in [0.1, 0.15) is 0 Å². The average Bonchev–Trinajstić information content (AvgIpc) is 3.38. The fourth-order valence-electron chi connectivity index (χ4n) is 4.30. The quantitative estimate of drug-likeness (QED) is 0.563. The molecule has 152 valence electrons. The molecule has 8 nitrogen and oxygen atoms in total. The molecule has 0 unspecified atom stereocenters. The number of hydrogen-bond donors (Lipinski definition) is 1. The predicted octanol–water partition coefficient (Wildman–Crippen LogP) is 2.56. The highest BCUT2D eigenvalue weighted by atomic mass is 16.6. The molecule has 1 aromatic carbocycles. The molecule has 8 heteroatoms. The van der Waals surface area contributed by atoms with Gasteiger partial charge in [-0.25, -0.2) is 9.97 Å². The minimum absolute atomic E-state index is 0.0146. The van der Waals surface area contributed by atoms with Crippen LogP contribution in [0.2, 0.25) is 0 Å². The normalized spacial score (nSPS) is 22.3. The van der Waals surface area contributed by atoms with E-state index in [1.165, 1.54) is 0 Å². The number of pyridine rings is 1. The maximum absolute atomic E-state index is 6.26. The van der Waals surface area contributed by atoms with Gasteiger partial charge in [0, 0.05) is 42.5 Å². The van der Waals surface area contributed by atoms with E-state index in [0.717, 1.165) is 46.5 Å². The fraction of sp³-hybridized carbons (Fsp3) is 0.318. The van der Waals surface area contributed by atoms with Gasteiger partial charge in [0.05, 0.1) is 18.6 Å². The number of H-pyrrole nitrogens is 1. The van der Waals surface area contributed by atoms with E-state index in [2.05, 4.69) is 24.8 Å². The van der Waals surface area contributed by atoms with Gasteiger partial charge in [-0.1, -0.05) is 12.1 Å². The number of ether oxygens (including phenoxy) is 3. The van der Waals surface area contributed by atoms with Crippen molar-refractivity contribution in [3.05, 3.63) is 55.2 Å². The van der Waals surface area contributed by atoms with E-state index in [1.54, 1.807) is 12.5 Å². The Morgan fingerprint density at radius 1 is 1.00 bits per heavy atom. The number of fused-ring (bicyclic) bond motifs is 3. The average molecular weight is 403 g/mol. The van der Waals surface area contributed by atoms with Gasteiger partial charge in [-0.3, -0.25) is 4.98 Å². The minimum Gasteiger partial charge on any atom is -0.485 e. The minimum atomic E-state index is -0.154. The molecule has 5 heterocycles. The van der Waals surface area contributed by atoms with Gasteiger partial charge in [-0.05, 0) is 18.2 Å². The van der Waals surface area contributed by atoms with Gasteiger partial charge in [0.25, 0.3) is 0 Å². The van der Waals surface area contributed by atoms with Crippen LogP contribution in [-0.2, 0) is 9.47 Å². The van der Waals surface area contributed by atoms with E-state index in [0.29, 0.717) is 13.2 Å². The molecule has 0 amide bonds. The number of hydrogen-bond acceptors (Lipinski definition) is 7. The SMILES string of the molecule is c1cc(OC2CO[C@H]3CN(c4ncnc5[nH]ccc45)C[C@@H]3OC2)c2ccncc2c1. The van der Waals surface area contributed by atoms with Gasteiger partial charge < -0.3 is 24.1 Å². The zero-order valence-electron chi connectivity index (χ0n) is 16.3. The summed E-state index contributed by atoms with van der Waals surface area (Å²) in [5.41, 5.74) is 0.840. The molecule has 1 N–H and O–H groups in total. The number of nitrogens with one attached hydrogen (secondary N) is 1. The summed E-state index contributed by atoms with van der Waals surface area (Å²) in [7, 11) is 0. The second kappa shape index (κ2) is 7.23. The van der Waals surface area contributed by atoms with E-state index in [1.807, 2.05) is 42.7 Å². The molecule has 3 aromatic heterocycles. The molecular formula is C22H21N5O3. The van der Waals surface area contributed by atoms with Crippen molar-refractivity contribution < 1.29 is 14.2 Å². The first-order valence-corrected chi connectivity index (χ1v) is 10.1. The molecule has 30 heavy (non-hydrogen) atoms. The summed E-state index contributed by atoms with van der Waals surface area (Å²) in [4.78, 5) is 18.3. The lowest BCUT2D eigenvalue weighted by Crippen LogP contribution is -2.30. The molecule has 6 rings (SSSR count). The third kappa shape index (κ3) is 3.05. The molecule has 2 aliphatic heterocycles. The van der Waals surface area contributed by atoms with Gasteiger partial charge in [0.15, 0.2) is 0 Å². The van der Waals surface area contributed by atoms with Crippen molar-refractivity contribution in [3.8, 4) is 5.75 Å². The highest BCUT2D eigenvalue weighted by Gasteiger charge is 2.39. The lowest BCUT2D eigenvalue weighted by atomic mass is 10.1. The van der Waals surface area contributed by atoms with Crippen LogP contribution in [0.4, 0.5) is 5.82 Å². The highest BCUT2D eigenvalue weighted by molar-refractivity contribution is 5.88. The summed E-state index contributed by atoms with van der Waals surface area (Å²) in [5, 5.41) is 3.11. The van der Waals surface area contributed by atoms with E-state index in [-0.39, 0.29) is 18.3 Å². The van der Waals surface area contributed by atoms with Crippen molar-refractivity contribution >= 4 is 27.6 Å². The third-order valence-corrected chi connectivity index (χ3v) is 5.77. The van der Waals surface area contributed by atoms with Crippen molar-refractivity contribution in [2.75, 3.05) is 31.2 Å². The topological polar surface area (TPSA) is 85.4 Å². The Morgan fingerprint density at radius 2 is 1.87 bits per heavy atom. The molecule has 2 fully saturated rings. The summed E-state index contributed by atoms with van der Waals surface area (Å²) in [6.07, 6.45) is 6.92. The number of benzene rings is 1. The molecule has 0 bridgehead atoms. The Morgan fingerprint density at radius 3 is 2.73 bits per heavy atom. The van der Waals surface area contributed by atoms with Crippen LogP contribution < -0.4 is 9.64 Å². The Bertz CT molecular complexity index is 1170. The van der Waals surface area contributed by atoms with Gasteiger partial charge in [-0.15, -0.1) is 0 Å². The Hall–Kier alpha value is -3.23. The van der Waals surface area contributed by atoms with Crippen LogP contribution in [0.3, 0.4) is 0 Å². The van der Waals surface area contributed by atoms with E-state index in [9.17, 15) is 0 Å². The van der Waals surface area contributed by atoms with Crippen molar-refractivity contribution in [1.29, 1.82) is 0 Å². The summed E-state index contributed by atoms with van der Waals surface area (Å²) in [6.45, 7) is 2.43. The smallest absolute Gasteiger partial charge is 0.145 e. The molecule has 2 atom stereocenters. The molecule has 2 aliphatic rings. The maximum atomic E-state index is 6.26. The third-order valence-electron chi connectivity index (χ3n) is 5.77. The first-order chi connectivity index (χ1) is 14.8. The second-order valence-electron chi connectivity index (χ2n) is 7.68. The van der Waals surface area contributed by atoms with Crippen molar-refractivity contribution in [3.63, 3.8) is 0 Å². The van der Waals surface area contributed by atoms with Gasteiger partial charge in [0.2, 0.25) is 0 Å². The van der Waals surface area contributed by atoms with Gasteiger partial charge >= 0.3 is 0 Å². The Labute approximate surface area is 172 Å². The summed E-state index contributed by atoms with van der Waals surface area (Å²) in [5.74, 6) is 1.75. The largest absolute Gasteiger partial charge is 0.485 e. The van der Waals surface area contributed by atoms with Crippen LogP contribution in [0, 0.1) is 0 Å².